The van der Waals surface area contributed by atoms with Gasteiger partial charge < -0.3 is 19.9 Å². The summed E-state index contributed by atoms with van der Waals surface area (Å²) in [6.07, 6.45) is 8.33. The lowest BCUT2D eigenvalue weighted by atomic mass is 10.0. The quantitative estimate of drug-likeness (QED) is 0.285. The summed E-state index contributed by atoms with van der Waals surface area (Å²) in [6.45, 7) is 6.79. The molecule has 5 aromatic rings. The Morgan fingerprint density at radius 3 is 2.68 bits per heavy atom. The summed E-state index contributed by atoms with van der Waals surface area (Å²) in [5.74, 6) is 0. The van der Waals surface area contributed by atoms with E-state index in [2.05, 4.69) is 55.1 Å². The molecule has 1 aliphatic rings. The topological polar surface area (TPSA) is 87.6 Å². The van der Waals surface area contributed by atoms with Gasteiger partial charge in [0.05, 0.1) is 23.3 Å². The zero-order valence-corrected chi connectivity index (χ0v) is 21.7. The summed E-state index contributed by atoms with van der Waals surface area (Å²) in [5.41, 5.74) is 7.46. The Morgan fingerprint density at radius 2 is 1.92 bits per heavy atom. The molecule has 38 heavy (non-hydrogen) atoms. The average Bonchev–Trinajstić information content (AvgIpc) is 3.53. The van der Waals surface area contributed by atoms with Crippen LogP contribution in [0.5, 0.6) is 0 Å². The number of hydrogen-bond acceptors (Lipinski definition) is 5. The van der Waals surface area contributed by atoms with Crippen LogP contribution in [-0.2, 0) is 4.74 Å². The zero-order valence-electron chi connectivity index (χ0n) is 21.7. The first-order valence-corrected chi connectivity index (χ1v) is 12.8. The minimum atomic E-state index is -0.501. The van der Waals surface area contributed by atoms with E-state index >= 15 is 0 Å². The van der Waals surface area contributed by atoms with Crippen LogP contribution in [0, 0.1) is 0 Å². The predicted molar refractivity (Wildman–Crippen MR) is 150 cm³/mol. The summed E-state index contributed by atoms with van der Waals surface area (Å²) < 4.78 is 7.62. The van der Waals surface area contributed by atoms with Crippen molar-refractivity contribution in [3.8, 4) is 11.3 Å². The van der Waals surface area contributed by atoms with Gasteiger partial charge in [0.2, 0.25) is 0 Å². The van der Waals surface area contributed by atoms with E-state index in [1.807, 2.05) is 63.4 Å². The van der Waals surface area contributed by atoms with Gasteiger partial charge in [0.1, 0.15) is 16.9 Å². The molecule has 1 aromatic carbocycles. The number of fused-ring (bicyclic) bond motifs is 2. The number of anilines is 2. The molecule has 8 heteroatoms. The van der Waals surface area contributed by atoms with Crippen LogP contribution >= 0.6 is 0 Å². The Kier molecular flexibility index (Phi) is 5.87. The summed E-state index contributed by atoms with van der Waals surface area (Å²) in [6, 6.07) is 18.4. The number of amides is 1. The highest BCUT2D eigenvalue weighted by atomic mass is 16.6. The fraction of sp³-hybridized carbons (Fsp3) is 0.233. The Bertz CT molecular complexity index is 1660. The zero-order chi connectivity index (χ0) is 26.3. The van der Waals surface area contributed by atoms with E-state index in [0.29, 0.717) is 13.1 Å². The van der Waals surface area contributed by atoms with Gasteiger partial charge in [0.25, 0.3) is 0 Å². The van der Waals surface area contributed by atoms with Crippen LogP contribution < -0.4 is 5.32 Å². The Balaban J connectivity index is 1.25. The normalized spacial score (nSPS) is 14.1. The maximum absolute atomic E-state index is 12.4. The lowest BCUT2D eigenvalue weighted by Crippen LogP contribution is -2.39. The first-order chi connectivity index (χ1) is 18.3. The molecular weight excluding hydrogens is 476 g/mol. The van der Waals surface area contributed by atoms with Crippen molar-refractivity contribution < 1.29 is 9.53 Å². The van der Waals surface area contributed by atoms with Crippen molar-refractivity contribution in [2.45, 2.75) is 32.8 Å². The van der Waals surface area contributed by atoms with Crippen molar-refractivity contribution in [3.63, 3.8) is 0 Å². The number of H-pyrrole nitrogens is 1. The summed E-state index contributed by atoms with van der Waals surface area (Å²) in [5, 5.41) is 4.58. The SMILES string of the molecule is CC(C)(C)OC(=O)N1CC=C(c2cc3c(Nc4ccc5ncc(-c6ccccc6)n5c4)ccnc3[nH]2)CC1. The molecule has 6 rings (SSSR count). The van der Waals surface area contributed by atoms with Gasteiger partial charge in [0.15, 0.2) is 0 Å². The van der Waals surface area contributed by atoms with Gasteiger partial charge in [0, 0.05) is 42.1 Å². The third kappa shape index (κ3) is 4.72. The molecule has 0 spiro atoms. The van der Waals surface area contributed by atoms with Crippen molar-refractivity contribution in [3.05, 3.63) is 85.0 Å². The second-order valence-corrected chi connectivity index (χ2v) is 10.5. The molecule has 0 saturated heterocycles. The number of carbonyl (C=O) groups excluding carboxylic acids is 1. The molecule has 5 heterocycles. The third-order valence-electron chi connectivity index (χ3n) is 6.59. The molecule has 0 saturated carbocycles. The Labute approximate surface area is 221 Å². The number of carbonyl (C=O) groups is 1. The lowest BCUT2D eigenvalue weighted by molar-refractivity contribution is 0.0270. The minimum Gasteiger partial charge on any atom is -0.444 e. The first kappa shape index (κ1) is 23.8. The van der Waals surface area contributed by atoms with Gasteiger partial charge in [-0.2, -0.15) is 0 Å². The van der Waals surface area contributed by atoms with E-state index in [9.17, 15) is 4.79 Å². The van der Waals surface area contributed by atoms with Gasteiger partial charge in [-0.15, -0.1) is 0 Å². The average molecular weight is 507 g/mol. The van der Waals surface area contributed by atoms with E-state index in [4.69, 9.17) is 4.74 Å². The van der Waals surface area contributed by atoms with Crippen molar-refractivity contribution in [2.24, 2.45) is 0 Å². The van der Waals surface area contributed by atoms with Crippen LogP contribution in [0.25, 0.3) is 33.5 Å². The van der Waals surface area contributed by atoms with E-state index < -0.39 is 5.60 Å². The predicted octanol–water partition coefficient (Wildman–Crippen LogP) is 6.65. The van der Waals surface area contributed by atoms with Crippen molar-refractivity contribution in [2.75, 3.05) is 18.4 Å². The van der Waals surface area contributed by atoms with E-state index in [1.54, 1.807) is 11.1 Å². The fourth-order valence-corrected chi connectivity index (χ4v) is 4.75. The van der Waals surface area contributed by atoms with Crippen molar-refractivity contribution in [1.82, 2.24) is 24.3 Å². The second-order valence-electron chi connectivity index (χ2n) is 10.5. The molecule has 192 valence electrons. The molecule has 4 aromatic heterocycles. The number of imidazole rings is 1. The number of ether oxygens (including phenoxy) is 1. The van der Waals surface area contributed by atoms with Gasteiger partial charge >= 0.3 is 6.09 Å². The molecule has 1 amide bonds. The standard InChI is InChI=1S/C30H30N6O2/c1-30(2,3)38-29(37)35-15-12-20(13-16-35)25-17-23-24(11-14-31-28(23)34-25)33-22-9-10-27-32-18-26(36(27)19-22)21-7-5-4-6-8-21/h4-12,14,17-19H,13,15-16H2,1-3H3,(H2,31,33,34). The Morgan fingerprint density at radius 1 is 1.08 bits per heavy atom. The molecule has 0 aliphatic carbocycles. The fourth-order valence-electron chi connectivity index (χ4n) is 4.75. The third-order valence-corrected chi connectivity index (χ3v) is 6.59. The smallest absolute Gasteiger partial charge is 0.410 e. The van der Waals surface area contributed by atoms with Crippen LogP contribution in [0.1, 0.15) is 32.9 Å². The Hall–Kier alpha value is -4.59. The minimum absolute atomic E-state index is 0.275. The highest BCUT2D eigenvalue weighted by Crippen LogP contribution is 2.31. The summed E-state index contributed by atoms with van der Waals surface area (Å²) in [7, 11) is 0. The second kappa shape index (κ2) is 9.37. The van der Waals surface area contributed by atoms with Crippen molar-refractivity contribution in [1.29, 1.82) is 0 Å². The molecule has 1 aliphatic heterocycles. The van der Waals surface area contributed by atoms with Gasteiger partial charge in [-0.25, -0.2) is 14.8 Å². The molecule has 0 atom stereocenters. The molecule has 0 radical (unpaired) electrons. The van der Waals surface area contributed by atoms with Gasteiger partial charge in [-0.05, 0) is 57.0 Å². The first-order valence-electron chi connectivity index (χ1n) is 12.8. The number of nitrogens with one attached hydrogen (secondary N) is 2. The maximum Gasteiger partial charge on any atom is 0.410 e. The number of pyridine rings is 2. The van der Waals surface area contributed by atoms with Gasteiger partial charge in [-0.3, -0.25) is 4.40 Å². The molecule has 8 nitrogen and oxygen atoms in total. The van der Waals surface area contributed by atoms with Crippen LogP contribution in [-0.4, -0.2) is 49.0 Å². The molecule has 0 unspecified atom stereocenters. The van der Waals surface area contributed by atoms with E-state index in [-0.39, 0.29) is 6.09 Å². The molecule has 2 N–H and O–H groups in total. The molecule has 0 fully saturated rings. The monoisotopic (exact) mass is 506 g/mol. The van der Waals surface area contributed by atoms with Crippen LogP contribution in [0.15, 0.2) is 79.3 Å². The number of hydrogen-bond donors (Lipinski definition) is 2. The van der Waals surface area contributed by atoms with Crippen LogP contribution in [0.4, 0.5) is 16.2 Å². The number of nitrogens with zero attached hydrogens (tertiary/aromatic N) is 4. The summed E-state index contributed by atoms with van der Waals surface area (Å²) in [4.78, 5) is 26.7. The lowest BCUT2D eigenvalue weighted by Gasteiger charge is -2.29. The highest BCUT2D eigenvalue weighted by Gasteiger charge is 2.24. The summed E-state index contributed by atoms with van der Waals surface area (Å²) >= 11 is 0. The number of aromatic nitrogens is 4. The molecule has 0 bridgehead atoms. The maximum atomic E-state index is 12.4. The van der Waals surface area contributed by atoms with Crippen molar-refractivity contribution >= 4 is 39.7 Å². The number of benzene rings is 1. The van der Waals surface area contributed by atoms with E-state index in [1.165, 1.54) is 5.57 Å². The number of aromatic amines is 1. The largest absolute Gasteiger partial charge is 0.444 e. The number of rotatable bonds is 4. The highest BCUT2D eigenvalue weighted by molar-refractivity contribution is 5.94. The molecular formula is C30H30N6O2. The van der Waals surface area contributed by atoms with E-state index in [0.717, 1.165) is 51.4 Å². The van der Waals surface area contributed by atoms with Gasteiger partial charge in [-0.1, -0.05) is 36.4 Å². The van der Waals surface area contributed by atoms with Crippen LogP contribution in [0.3, 0.4) is 0 Å². The van der Waals surface area contributed by atoms with Crippen LogP contribution in [0.2, 0.25) is 0 Å².